The van der Waals surface area contributed by atoms with Crippen molar-refractivity contribution in [1.29, 1.82) is 0 Å². The van der Waals surface area contributed by atoms with Gasteiger partial charge in [-0.25, -0.2) is 0 Å². The Hall–Kier alpha value is -0.830. The molecule has 104 valence electrons. The van der Waals surface area contributed by atoms with Gasteiger partial charge in [-0.2, -0.15) is 0 Å². The maximum atomic E-state index is 4.82. The summed E-state index contributed by atoms with van der Waals surface area (Å²) in [7, 11) is 4.33. The van der Waals surface area contributed by atoms with Gasteiger partial charge in [-0.1, -0.05) is 18.2 Å². The molecule has 4 heteroatoms. The Morgan fingerprint density at radius 2 is 1.89 bits per heavy atom. The number of aromatic nitrogens is 1. The number of rotatable bonds is 1. The molecule has 0 N–H and O–H groups in total. The maximum Gasteiger partial charge on any atom is 0.0705 e. The van der Waals surface area contributed by atoms with Crippen molar-refractivity contribution in [3.05, 3.63) is 41.6 Å². The van der Waals surface area contributed by atoms with Gasteiger partial charge >= 0.3 is 0 Å². The predicted octanol–water partition coefficient (Wildman–Crippen LogP) is 3.50. The molecular formula is C15H20Cl2N2. The summed E-state index contributed by atoms with van der Waals surface area (Å²) in [5.41, 5.74) is 3.88. The van der Waals surface area contributed by atoms with Gasteiger partial charge in [0.25, 0.3) is 0 Å². The van der Waals surface area contributed by atoms with E-state index >= 15 is 0 Å². The second kappa shape index (κ2) is 6.56. The van der Waals surface area contributed by atoms with E-state index in [0.717, 1.165) is 18.4 Å². The van der Waals surface area contributed by atoms with Crippen LogP contribution in [-0.2, 0) is 12.8 Å². The second-order valence-corrected chi connectivity index (χ2v) is 5.15. The lowest BCUT2D eigenvalue weighted by atomic mass is 9.90. The molecular weight excluding hydrogens is 279 g/mol. The third-order valence-electron chi connectivity index (χ3n) is 3.80. The topological polar surface area (TPSA) is 16.1 Å². The summed E-state index contributed by atoms with van der Waals surface area (Å²) in [6.07, 6.45) is 3.50. The molecule has 1 unspecified atom stereocenters. The molecule has 1 aromatic carbocycles. The van der Waals surface area contributed by atoms with E-state index in [1.54, 1.807) is 0 Å². The molecule has 2 nitrogen and oxygen atoms in total. The highest BCUT2D eigenvalue weighted by Crippen LogP contribution is 2.25. The molecule has 1 atom stereocenters. The van der Waals surface area contributed by atoms with Crippen molar-refractivity contribution in [2.24, 2.45) is 0 Å². The van der Waals surface area contributed by atoms with Crippen LogP contribution in [0.3, 0.4) is 0 Å². The van der Waals surface area contributed by atoms with Gasteiger partial charge < -0.3 is 4.90 Å². The van der Waals surface area contributed by atoms with Crippen molar-refractivity contribution in [1.82, 2.24) is 9.88 Å². The Labute approximate surface area is 127 Å². The Morgan fingerprint density at radius 3 is 2.63 bits per heavy atom. The molecule has 0 saturated heterocycles. The molecule has 0 fully saturated rings. The number of para-hydroxylation sites is 1. The summed E-state index contributed by atoms with van der Waals surface area (Å²) >= 11 is 0. The molecule has 19 heavy (non-hydrogen) atoms. The minimum absolute atomic E-state index is 0. The summed E-state index contributed by atoms with van der Waals surface area (Å²) in [6, 6.07) is 11.4. The molecule has 3 rings (SSSR count). The number of halogens is 2. The monoisotopic (exact) mass is 298 g/mol. The highest BCUT2D eigenvalue weighted by Gasteiger charge is 2.21. The van der Waals surface area contributed by atoms with Crippen LogP contribution in [0.2, 0.25) is 0 Å². The average molecular weight is 299 g/mol. The molecule has 0 bridgehead atoms. The van der Waals surface area contributed by atoms with Crippen molar-refractivity contribution in [3.8, 4) is 0 Å². The smallest absolute Gasteiger partial charge is 0.0705 e. The first-order valence-electron chi connectivity index (χ1n) is 6.28. The van der Waals surface area contributed by atoms with Gasteiger partial charge in [0.1, 0.15) is 0 Å². The zero-order valence-electron chi connectivity index (χ0n) is 11.3. The fourth-order valence-electron chi connectivity index (χ4n) is 2.68. The van der Waals surface area contributed by atoms with Crippen LogP contribution >= 0.6 is 24.8 Å². The highest BCUT2D eigenvalue weighted by molar-refractivity contribution is 5.85. The lowest BCUT2D eigenvalue weighted by Crippen LogP contribution is -2.33. The van der Waals surface area contributed by atoms with Crippen LogP contribution in [0, 0.1) is 0 Å². The molecule has 0 saturated carbocycles. The van der Waals surface area contributed by atoms with Gasteiger partial charge in [0.15, 0.2) is 0 Å². The average Bonchev–Trinajstić information content (AvgIpc) is 2.35. The SMILES string of the molecule is CN(C)C1CCc2cc3ccccc3nc2C1.Cl.Cl. The first-order valence-corrected chi connectivity index (χ1v) is 6.28. The molecule has 0 radical (unpaired) electrons. The molecule has 1 aliphatic carbocycles. The van der Waals surface area contributed by atoms with Crippen molar-refractivity contribution in [3.63, 3.8) is 0 Å². The van der Waals surface area contributed by atoms with Gasteiger partial charge in [0.2, 0.25) is 0 Å². The highest BCUT2D eigenvalue weighted by atomic mass is 35.5. The third kappa shape index (κ3) is 3.19. The molecule has 0 spiro atoms. The number of likely N-dealkylation sites (N-methyl/N-ethyl adjacent to an activating group) is 1. The number of nitrogens with zero attached hydrogens (tertiary/aromatic N) is 2. The molecule has 0 aliphatic heterocycles. The first-order chi connectivity index (χ1) is 8.24. The van der Waals surface area contributed by atoms with Crippen LogP contribution < -0.4 is 0 Å². The Bertz CT molecular complexity index is 555. The molecule has 0 amide bonds. The van der Waals surface area contributed by atoms with Crippen molar-refractivity contribution < 1.29 is 0 Å². The molecule has 2 aromatic rings. The largest absolute Gasteiger partial charge is 0.306 e. The third-order valence-corrected chi connectivity index (χ3v) is 3.80. The van der Waals surface area contributed by atoms with E-state index in [0.29, 0.717) is 6.04 Å². The maximum absolute atomic E-state index is 4.82. The Balaban J connectivity index is 0.000000902. The van der Waals surface area contributed by atoms with Crippen LogP contribution in [-0.4, -0.2) is 30.0 Å². The van der Waals surface area contributed by atoms with Gasteiger partial charge in [-0.15, -0.1) is 24.8 Å². The summed E-state index contributed by atoms with van der Waals surface area (Å²) < 4.78 is 0. The number of benzene rings is 1. The van der Waals surface area contributed by atoms with E-state index in [1.807, 2.05) is 0 Å². The van der Waals surface area contributed by atoms with Crippen LogP contribution in [0.15, 0.2) is 30.3 Å². The zero-order valence-corrected chi connectivity index (χ0v) is 12.9. The summed E-state index contributed by atoms with van der Waals surface area (Å²) in [4.78, 5) is 7.14. The van der Waals surface area contributed by atoms with Crippen molar-refractivity contribution in [2.45, 2.75) is 25.3 Å². The Morgan fingerprint density at radius 1 is 1.16 bits per heavy atom. The first kappa shape index (κ1) is 16.2. The quantitative estimate of drug-likeness (QED) is 0.801. The number of hydrogen-bond acceptors (Lipinski definition) is 2. The number of aryl methyl sites for hydroxylation is 1. The van der Waals surface area contributed by atoms with Gasteiger partial charge in [0.05, 0.1) is 5.52 Å². The number of hydrogen-bond donors (Lipinski definition) is 0. The summed E-state index contributed by atoms with van der Waals surface area (Å²) in [5.74, 6) is 0. The van der Waals surface area contributed by atoms with Crippen molar-refractivity contribution >= 4 is 35.7 Å². The number of pyridine rings is 1. The van der Waals surface area contributed by atoms with Crippen LogP contribution in [0.1, 0.15) is 17.7 Å². The minimum Gasteiger partial charge on any atom is -0.306 e. The lowest BCUT2D eigenvalue weighted by Gasteiger charge is -2.29. The minimum atomic E-state index is 0. The number of fused-ring (bicyclic) bond motifs is 2. The van der Waals surface area contributed by atoms with Crippen LogP contribution in [0.5, 0.6) is 0 Å². The van der Waals surface area contributed by atoms with Crippen LogP contribution in [0.25, 0.3) is 10.9 Å². The Kier molecular flexibility index (Phi) is 5.60. The molecule has 1 aromatic heterocycles. The summed E-state index contributed by atoms with van der Waals surface area (Å²) in [6.45, 7) is 0. The molecule has 1 heterocycles. The van der Waals surface area contributed by atoms with Crippen molar-refractivity contribution in [2.75, 3.05) is 14.1 Å². The zero-order chi connectivity index (χ0) is 11.8. The van der Waals surface area contributed by atoms with Gasteiger partial charge in [-0.3, -0.25) is 4.98 Å². The fourth-order valence-corrected chi connectivity index (χ4v) is 2.68. The van der Waals surface area contributed by atoms with Crippen LogP contribution in [0.4, 0.5) is 0 Å². The van der Waals surface area contributed by atoms with E-state index in [4.69, 9.17) is 4.98 Å². The van der Waals surface area contributed by atoms with E-state index in [2.05, 4.69) is 49.3 Å². The van der Waals surface area contributed by atoms with Gasteiger partial charge in [-0.05, 0) is 44.6 Å². The van der Waals surface area contributed by atoms with E-state index in [-0.39, 0.29) is 24.8 Å². The normalized spacial score (nSPS) is 17.5. The molecule has 1 aliphatic rings. The second-order valence-electron chi connectivity index (χ2n) is 5.15. The lowest BCUT2D eigenvalue weighted by molar-refractivity contribution is 0.266. The standard InChI is InChI=1S/C15H18N2.2ClH/c1-17(2)13-8-7-12-9-11-5-3-4-6-14(11)16-15(12)10-13;;/h3-6,9,13H,7-8,10H2,1-2H3;2*1H. The van der Waals surface area contributed by atoms with E-state index in [1.165, 1.54) is 23.1 Å². The predicted molar refractivity (Wildman–Crippen MR) is 85.7 cm³/mol. The summed E-state index contributed by atoms with van der Waals surface area (Å²) in [5, 5.41) is 1.27. The van der Waals surface area contributed by atoms with E-state index < -0.39 is 0 Å². The van der Waals surface area contributed by atoms with Gasteiger partial charge in [0, 0.05) is 23.5 Å². The fraction of sp³-hybridized carbons (Fsp3) is 0.400. The van der Waals surface area contributed by atoms with E-state index in [9.17, 15) is 0 Å².